The van der Waals surface area contributed by atoms with E-state index in [4.69, 9.17) is 5.11 Å². The first-order chi connectivity index (χ1) is 10.6. The van der Waals surface area contributed by atoms with E-state index in [-0.39, 0.29) is 12.3 Å². The smallest absolute Gasteiger partial charge is 0.326 e. The van der Waals surface area contributed by atoms with Gasteiger partial charge in [0.1, 0.15) is 6.04 Å². The zero-order valence-electron chi connectivity index (χ0n) is 12.6. The van der Waals surface area contributed by atoms with Gasteiger partial charge in [-0.1, -0.05) is 44.0 Å². The summed E-state index contributed by atoms with van der Waals surface area (Å²) in [7, 11) is 0. The van der Waals surface area contributed by atoms with Gasteiger partial charge in [0.05, 0.1) is 11.9 Å². The van der Waals surface area contributed by atoms with Gasteiger partial charge in [-0.15, -0.1) is 0 Å². The predicted octanol–water partition coefficient (Wildman–Crippen LogP) is 2.54. The van der Waals surface area contributed by atoms with Crippen molar-refractivity contribution in [1.29, 1.82) is 0 Å². The molecule has 2 rings (SSSR count). The molecule has 1 aromatic carbocycles. The quantitative estimate of drug-likeness (QED) is 0.823. The maximum Gasteiger partial charge on any atom is 0.326 e. The number of hydrogen-bond acceptors (Lipinski definition) is 3. The third-order valence-electron chi connectivity index (χ3n) is 3.55. The van der Waals surface area contributed by atoms with Crippen molar-refractivity contribution in [3.8, 4) is 0 Å². The molecule has 1 heterocycles. The largest absolute Gasteiger partial charge is 0.480 e. The second-order valence-corrected chi connectivity index (χ2v) is 5.27. The summed E-state index contributed by atoms with van der Waals surface area (Å²) in [5, 5.41) is 12.7. The van der Waals surface area contributed by atoms with Gasteiger partial charge < -0.3 is 10.4 Å². The summed E-state index contributed by atoms with van der Waals surface area (Å²) in [5.74, 6) is -1.28. The van der Waals surface area contributed by atoms with E-state index >= 15 is 0 Å². The van der Waals surface area contributed by atoms with Gasteiger partial charge in [-0.3, -0.25) is 9.78 Å². The Labute approximate surface area is 129 Å². The van der Waals surface area contributed by atoms with Crippen LogP contribution in [0.2, 0.25) is 0 Å². The number of benzene rings is 1. The number of amides is 1. The molecule has 0 aliphatic rings. The Hall–Kier alpha value is -2.43. The molecule has 0 bridgehead atoms. The van der Waals surface area contributed by atoms with Crippen LogP contribution in [0.1, 0.15) is 31.7 Å². The molecule has 0 saturated carbocycles. The first-order valence-corrected chi connectivity index (χ1v) is 7.46. The standard InChI is InChI=1S/C17H20N2O3/c1-2-3-9-14(17(21)22)19-15(20)11-13-7-4-6-12-8-5-10-18-16(12)13/h4-8,10,14H,2-3,9,11H2,1H3,(H,19,20)(H,21,22)/t14-/m0/s1. The fourth-order valence-corrected chi connectivity index (χ4v) is 2.39. The van der Waals surface area contributed by atoms with E-state index in [2.05, 4.69) is 10.3 Å². The Bertz CT molecular complexity index is 665. The minimum atomic E-state index is -0.988. The highest BCUT2D eigenvalue weighted by Gasteiger charge is 2.19. The molecule has 0 radical (unpaired) electrons. The molecule has 0 fully saturated rings. The average molecular weight is 300 g/mol. The van der Waals surface area contributed by atoms with Crippen molar-refractivity contribution >= 4 is 22.8 Å². The van der Waals surface area contributed by atoms with Gasteiger partial charge in [0.2, 0.25) is 5.91 Å². The van der Waals surface area contributed by atoms with Crippen LogP contribution in [-0.4, -0.2) is 28.0 Å². The molecule has 0 aliphatic carbocycles. The van der Waals surface area contributed by atoms with Crippen LogP contribution in [0.4, 0.5) is 0 Å². The minimum absolute atomic E-state index is 0.129. The maximum atomic E-state index is 12.1. The van der Waals surface area contributed by atoms with Crippen molar-refractivity contribution in [1.82, 2.24) is 10.3 Å². The van der Waals surface area contributed by atoms with Crippen molar-refractivity contribution < 1.29 is 14.7 Å². The summed E-state index contributed by atoms with van der Waals surface area (Å²) in [6.07, 6.45) is 3.93. The molecule has 2 N–H and O–H groups in total. The molecule has 22 heavy (non-hydrogen) atoms. The number of rotatable bonds is 7. The Morgan fingerprint density at radius 3 is 2.77 bits per heavy atom. The van der Waals surface area contributed by atoms with Crippen LogP contribution in [0.5, 0.6) is 0 Å². The number of unbranched alkanes of at least 4 members (excludes halogenated alkanes) is 1. The van der Waals surface area contributed by atoms with Crippen molar-refractivity contribution in [3.63, 3.8) is 0 Å². The van der Waals surface area contributed by atoms with Gasteiger partial charge >= 0.3 is 5.97 Å². The third-order valence-corrected chi connectivity index (χ3v) is 3.55. The summed E-state index contributed by atoms with van der Waals surface area (Å²) in [5.41, 5.74) is 1.58. The highest BCUT2D eigenvalue weighted by atomic mass is 16.4. The van der Waals surface area contributed by atoms with Crippen LogP contribution in [0.25, 0.3) is 10.9 Å². The van der Waals surface area contributed by atoms with Crippen LogP contribution in [0, 0.1) is 0 Å². The van der Waals surface area contributed by atoms with E-state index < -0.39 is 12.0 Å². The van der Waals surface area contributed by atoms with Crippen LogP contribution in [0.15, 0.2) is 36.5 Å². The molecule has 5 heteroatoms. The number of aromatic nitrogens is 1. The van der Waals surface area contributed by atoms with E-state index in [0.717, 1.165) is 29.3 Å². The zero-order chi connectivity index (χ0) is 15.9. The Morgan fingerprint density at radius 1 is 1.27 bits per heavy atom. The first-order valence-electron chi connectivity index (χ1n) is 7.46. The van der Waals surface area contributed by atoms with Crippen LogP contribution in [-0.2, 0) is 16.0 Å². The van der Waals surface area contributed by atoms with E-state index in [1.54, 1.807) is 6.20 Å². The van der Waals surface area contributed by atoms with Gasteiger partial charge in [-0.2, -0.15) is 0 Å². The molecule has 116 valence electrons. The molecule has 1 amide bonds. The summed E-state index contributed by atoms with van der Waals surface area (Å²) < 4.78 is 0. The molecular weight excluding hydrogens is 280 g/mol. The number of fused-ring (bicyclic) bond motifs is 1. The summed E-state index contributed by atoms with van der Waals surface area (Å²) in [6.45, 7) is 1.99. The number of para-hydroxylation sites is 1. The minimum Gasteiger partial charge on any atom is -0.480 e. The lowest BCUT2D eigenvalue weighted by Gasteiger charge is -2.14. The highest BCUT2D eigenvalue weighted by molar-refractivity contribution is 5.89. The van der Waals surface area contributed by atoms with Gasteiger partial charge in [-0.25, -0.2) is 4.79 Å². The van der Waals surface area contributed by atoms with E-state index in [1.165, 1.54) is 0 Å². The number of carboxylic acids is 1. The number of carboxylic acid groups (broad SMARTS) is 1. The molecule has 1 aromatic heterocycles. The first kappa shape index (κ1) is 15.9. The van der Waals surface area contributed by atoms with Gasteiger partial charge in [-0.05, 0) is 18.1 Å². The second kappa shape index (κ2) is 7.54. The number of nitrogens with one attached hydrogen (secondary N) is 1. The molecule has 2 aromatic rings. The molecule has 0 saturated heterocycles. The fourth-order valence-electron chi connectivity index (χ4n) is 2.39. The van der Waals surface area contributed by atoms with Gasteiger partial charge in [0, 0.05) is 11.6 Å². The van der Waals surface area contributed by atoms with Crippen molar-refractivity contribution in [2.45, 2.75) is 38.6 Å². The number of carbonyl (C=O) groups excluding carboxylic acids is 1. The Balaban J connectivity index is 2.08. The van der Waals surface area contributed by atoms with Crippen molar-refractivity contribution in [2.75, 3.05) is 0 Å². The molecule has 1 atom stereocenters. The van der Waals surface area contributed by atoms with Crippen LogP contribution in [0.3, 0.4) is 0 Å². The fraction of sp³-hybridized carbons (Fsp3) is 0.353. The Morgan fingerprint density at radius 2 is 2.05 bits per heavy atom. The number of hydrogen-bond donors (Lipinski definition) is 2. The normalized spacial score (nSPS) is 12.0. The zero-order valence-corrected chi connectivity index (χ0v) is 12.6. The van der Waals surface area contributed by atoms with Gasteiger partial charge in [0.25, 0.3) is 0 Å². The average Bonchev–Trinajstić information content (AvgIpc) is 2.51. The molecule has 0 spiro atoms. The summed E-state index contributed by atoms with van der Waals surface area (Å²) in [6, 6.07) is 8.61. The summed E-state index contributed by atoms with van der Waals surface area (Å²) in [4.78, 5) is 27.6. The summed E-state index contributed by atoms with van der Waals surface area (Å²) >= 11 is 0. The molecule has 5 nitrogen and oxygen atoms in total. The van der Waals surface area contributed by atoms with E-state index in [1.807, 2.05) is 37.3 Å². The highest BCUT2D eigenvalue weighted by Crippen LogP contribution is 2.16. The maximum absolute atomic E-state index is 12.1. The molecular formula is C17H20N2O3. The van der Waals surface area contributed by atoms with Crippen molar-refractivity contribution in [3.05, 3.63) is 42.1 Å². The lowest BCUT2D eigenvalue weighted by atomic mass is 10.1. The monoisotopic (exact) mass is 300 g/mol. The SMILES string of the molecule is CCCC[C@H](NC(=O)Cc1cccc2cccnc12)C(=O)O. The lowest BCUT2D eigenvalue weighted by molar-refractivity contribution is -0.141. The number of pyridine rings is 1. The Kier molecular flexibility index (Phi) is 5.47. The van der Waals surface area contributed by atoms with Gasteiger partial charge in [0.15, 0.2) is 0 Å². The van der Waals surface area contributed by atoms with E-state index in [0.29, 0.717) is 6.42 Å². The number of carbonyl (C=O) groups is 2. The topological polar surface area (TPSA) is 79.3 Å². The number of nitrogens with zero attached hydrogens (tertiary/aromatic N) is 1. The number of aliphatic carboxylic acids is 1. The van der Waals surface area contributed by atoms with Crippen molar-refractivity contribution in [2.24, 2.45) is 0 Å². The lowest BCUT2D eigenvalue weighted by Crippen LogP contribution is -2.41. The van der Waals surface area contributed by atoms with E-state index in [9.17, 15) is 9.59 Å². The van der Waals surface area contributed by atoms with Crippen LogP contribution < -0.4 is 5.32 Å². The predicted molar refractivity (Wildman–Crippen MR) is 84.5 cm³/mol. The molecule has 0 aliphatic heterocycles. The molecule has 0 unspecified atom stereocenters. The van der Waals surface area contributed by atoms with Crippen LogP contribution >= 0.6 is 0 Å². The third kappa shape index (κ3) is 4.04. The second-order valence-electron chi connectivity index (χ2n) is 5.27.